The maximum absolute atomic E-state index is 11.3. The van der Waals surface area contributed by atoms with E-state index in [4.69, 9.17) is 5.26 Å². The minimum absolute atomic E-state index is 0.0712. The van der Waals surface area contributed by atoms with Crippen LogP contribution in [0.4, 0.5) is 4.79 Å². The average Bonchev–Trinajstić information content (AvgIpc) is 2.71. The third-order valence-electron chi connectivity index (χ3n) is 2.82. The highest BCUT2D eigenvalue weighted by atomic mass is 16.2. The van der Waals surface area contributed by atoms with E-state index in [1.807, 2.05) is 18.3 Å². The van der Waals surface area contributed by atoms with E-state index >= 15 is 0 Å². The zero-order chi connectivity index (χ0) is 11.5. The van der Waals surface area contributed by atoms with Crippen LogP contribution in [0.15, 0.2) is 24.3 Å². The Morgan fingerprint density at radius 1 is 1.50 bits per heavy atom. The summed E-state index contributed by atoms with van der Waals surface area (Å²) in [6.45, 7) is 2.52. The molecule has 0 saturated carbocycles. The fraction of sp³-hybridized carbons (Fsp3) is 0.333. The minimum atomic E-state index is -0.313. The van der Waals surface area contributed by atoms with Crippen LogP contribution >= 0.6 is 0 Å². The zero-order valence-electron chi connectivity index (χ0n) is 9.10. The molecule has 1 unspecified atom stereocenters. The van der Waals surface area contributed by atoms with Crippen LogP contribution in [0.3, 0.4) is 0 Å². The van der Waals surface area contributed by atoms with Crippen LogP contribution < -0.4 is 5.32 Å². The number of rotatable bonds is 2. The Kier molecular flexibility index (Phi) is 2.78. The van der Waals surface area contributed by atoms with Gasteiger partial charge in [0.1, 0.15) is 0 Å². The second-order valence-corrected chi connectivity index (χ2v) is 3.81. The molecule has 1 fully saturated rings. The molecule has 0 aromatic heterocycles. The summed E-state index contributed by atoms with van der Waals surface area (Å²) in [4.78, 5) is 12.4. The summed E-state index contributed by atoms with van der Waals surface area (Å²) in [7, 11) is 0. The monoisotopic (exact) mass is 215 g/mol. The van der Waals surface area contributed by atoms with Crippen LogP contribution in [0.2, 0.25) is 0 Å². The summed E-state index contributed by atoms with van der Waals surface area (Å²) < 4.78 is 0. The first-order chi connectivity index (χ1) is 7.74. The quantitative estimate of drug-likeness (QED) is 0.765. The lowest BCUT2D eigenvalue weighted by Crippen LogP contribution is -2.23. The van der Waals surface area contributed by atoms with Crippen LogP contribution in [0.1, 0.15) is 24.1 Å². The summed E-state index contributed by atoms with van der Waals surface area (Å²) in [5.41, 5.74) is 2.31. The molecule has 1 aromatic rings. The Labute approximate surface area is 94.5 Å². The van der Waals surface area contributed by atoms with Gasteiger partial charge < -0.3 is 5.32 Å². The summed E-state index contributed by atoms with van der Waals surface area (Å²) in [6, 6.07) is 7.73. The van der Waals surface area contributed by atoms with E-state index in [1.165, 1.54) is 5.56 Å². The number of nitriles is 1. The number of nitrogens with zero attached hydrogens (tertiary/aromatic N) is 2. The average molecular weight is 215 g/mol. The Bertz CT molecular complexity index is 433. The number of nitrogens with one attached hydrogen (secondary N) is 1. The highest BCUT2D eigenvalue weighted by Crippen LogP contribution is 2.20. The van der Waals surface area contributed by atoms with Crippen molar-refractivity contribution >= 4 is 6.03 Å². The zero-order valence-corrected chi connectivity index (χ0v) is 9.10. The Hall–Kier alpha value is -2.02. The van der Waals surface area contributed by atoms with Crippen LogP contribution in [0, 0.1) is 11.5 Å². The van der Waals surface area contributed by atoms with Crippen molar-refractivity contribution in [3.05, 3.63) is 35.4 Å². The van der Waals surface area contributed by atoms with Crippen LogP contribution in [0.5, 0.6) is 0 Å². The molecule has 1 aliphatic rings. The van der Waals surface area contributed by atoms with Crippen molar-refractivity contribution in [1.82, 2.24) is 10.2 Å². The molecule has 1 atom stereocenters. The van der Waals surface area contributed by atoms with Crippen molar-refractivity contribution in [2.45, 2.75) is 19.4 Å². The Morgan fingerprint density at radius 2 is 2.19 bits per heavy atom. The smallest absolute Gasteiger partial charge is 0.328 e. The lowest BCUT2D eigenvalue weighted by atomic mass is 10.0. The number of amides is 2. The van der Waals surface area contributed by atoms with Gasteiger partial charge in [-0.3, -0.25) is 0 Å². The molecule has 2 rings (SSSR count). The van der Waals surface area contributed by atoms with Crippen molar-refractivity contribution in [3.8, 4) is 6.19 Å². The molecule has 1 saturated heterocycles. The summed E-state index contributed by atoms with van der Waals surface area (Å²) >= 11 is 0. The van der Waals surface area contributed by atoms with Gasteiger partial charge in [0.15, 0.2) is 6.19 Å². The van der Waals surface area contributed by atoms with E-state index in [0.717, 1.165) is 16.9 Å². The topological polar surface area (TPSA) is 56.1 Å². The molecule has 0 spiro atoms. The van der Waals surface area contributed by atoms with Crippen molar-refractivity contribution in [3.63, 3.8) is 0 Å². The van der Waals surface area contributed by atoms with E-state index in [9.17, 15) is 4.79 Å². The first-order valence-electron chi connectivity index (χ1n) is 5.31. The molecule has 1 N–H and O–H groups in total. The Balaban J connectivity index is 2.14. The van der Waals surface area contributed by atoms with Gasteiger partial charge in [-0.15, -0.1) is 0 Å². The van der Waals surface area contributed by atoms with Gasteiger partial charge in [0, 0.05) is 0 Å². The number of hydrogen-bond acceptors (Lipinski definition) is 2. The van der Waals surface area contributed by atoms with Gasteiger partial charge in [0.05, 0.1) is 12.6 Å². The molecule has 4 nitrogen and oxygen atoms in total. The van der Waals surface area contributed by atoms with Crippen molar-refractivity contribution in [2.24, 2.45) is 0 Å². The van der Waals surface area contributed by atoms with E-state index in [1.54, 1.807) is 0 Å². The van der Waals surface area contributed by atoms with Crippen molar-refractivity contribution in [2.75, 3.05) is 6.54 Å². The SMILES string of the molecule is CCc1ccc(C2CN(C#N)C(=O)N2)cc1. The fourth-order valence-corrected chi connectivity index (χ4v) is 1.80. The van der Waals surface area contributed by atoms with Gasteiger partial charge in [0.2, 0.25) is 0 Å². The molecule has 0 bridgehead atoms. The lowest BCUT2D eigenvalue weighted by Gasteiger charge is -2.09. The maximum atomic E-state index is 11.3. The van der Waals surface area contributed by atoms with E-state index in [0.29, 0.717) is 6.54 Å². The van der Waals surface area contributed by atoms with Gasteiger partial charge in [-0.2, -0.15) is 5.26 Å². The second kappa shape index (κ2) is 4.23. The summed E-state index contributed by atoms with van der Waals surface area (Å²) in [6.07, 6.45) is 2.86. The molecular weight excluding hydrogens is 202 g/mol. The van der Waals surface area contributed by atoms with Gasteiger partial charge in [0.25, 0.3) is 0 Å². The predicted molar refractivity (Wildman–Crippen MR) is 59.4 cm³/mol. The molecule has 0 aliphatic carbocycles. The normalized spacial score (nSPS) is 19.4. The first-order valence-corrected chi connectivity index (χ1v) is 5.31. The van der Waals surface area contributed by atoms with E-state index < -0.39 is 0 Å². The number of carbonyl (C=O) groups is 1. The van der Waals surface area contributed by atoms with Crippen molar-refractivity contribution in [1.29, 1.82) is 5.26 Å². The van der Waals surface area contributed by atoms with E-state index in [-0.39, 0.29) is 12.1 Å². The van der Waals surface area contributed by atoms with Crippen LogP contribution in [-0.2, 0) is 6.42 Å². The number of hydrogen-bond donors (Lipinski definition) is 1. The van der Waals surface area contributed by atoms with Crippen molar-refractivity contribution < 1.29 is 4.79 Å². The molecular formula is C12H13N3O. The molecule has 4 heteroatoms. The number of aryl methyl sites for hydroxylation is 1. The van der Waals surface area contributed by atoms with E-state index in [2.05, 4.69) is 24.4 Å². The highest BCUT2D eigenvalue weighted by Gasteiger charge is 2.29. The van der Waals surface area contributed by atoms with Gasteiger partial charge in [-0.25, -0.2) is 9.69 Å². The fourth-order valence-electron chi connectivity index (χ4n) is 1.80. The summed E-state index contributed by atoms with van der Waals surface area (Å²) in [5.74, 6) is 0. The molecule has 2 amide bonds. The van der Waals surface area contributed by atoms with Gasteiger partial charge >= 0.3 is 6.03 Å². The molecule has 1 heterocycles. The Morgan fingerprint density at radius 3 is 2.69 bits per heavy atom. The number of carbonyl (C=O) groups excluding carboxylic acids is 1. The summed E-state index contributed by atoms with van der Waals surface area (Å²) in [5, 5.41) is 11.5. The highest BCUT2D eigenvalue weighted by molar-refractivity contribution is 5.78. The number of urea groups is 1. The molecule has 1 aromatic carbocycles. The maximum Gasteiger partial charge on any atom is 0.331 e. The molecule has 0 radical (unpaired) electrons. The molecule has 16 heavy (non-hydrogen) atoms. The van der Waals surface area contributed by atoms with Crippen LogP contribution in [0.25, 0.3) is 0 Å². The van der Waals surface area contributed by atoms with Crippen LogP contribution in [-0.4, -0.2) is 17.5 Å². The standard InChI is InChI=1S/C12H13N3O/c1-2-9-3-5-10(6-4-9)11-7-15(8-13)12(16)14-11/h3-6,11H,2,7H2,1H3,(H,14,16). The largest absolute Gasteiger partial charge is 0.331 e. The third-order valence-corrected chi connectivity index (χ3v) is 2.82. The third kappa shape index (κ3) is 1.84. The predicted octanol–water partition coefficient (Wildman–Crippen LogP) is 1.80. The molecule has 1 aliphatic heterocycles. The second-order valence-electron chi connectivity index (χ2n) is 3.81. The molecule has 82 valence electrons. The minimum Gasteiger partial charge on any atom is -0.328 e. The lowest BCUT2D eigenvalue weighted by molar-refractivity contribution is 0.232. The number of benzene rings is 1. The van der Waals surface area contributed by atoms with Gasteiger partial charge in [-0.1, -0.05) is 31.2 Å². The first kappa shape index (κ1) is 10.5. The van der Waals surface area contributed by atoms with Gasteiger partial charge in [-0.05, 0) is 17.5 Å².